The van der Waals surface area contributed by atoms with Gasteiger partial charge in [0.25, 0.3) is 0 Å². The zero-order chi connectivity index (χ0) is 13.5. The highest BCUT2D eigenvalue weighted by molar-refractivity contribution is 5.54. The van der Waals surface area contributed by atoms with Crippen LogP contribution in [0.2, 0.25) is 0 Å². The maximum absolute atomic E-state index is 13.5. The predicted octanol–water partition coefficient (Wildman–Crippen LogP) is 2.94. The molecule has 4 nitrogen and oxygen atoms in total. The number of hydrogen-bond donors (Lipinski definition) is 1. The molecule has 1 aromatic heterocycles. The van der Waals surface area contributed by atoms with Gasteiger partial charge in [0, 0.05) is 6.42 Å². The van der Waals surface area contributed by atoms with E-state index in [-0.39, 0.29) is 5.82 Å². The maximum Gasteiger partial charge on any atom is 0.226 e. The molecular weight excluding hydrogens is 245 g/mol. The van der Waals surface area contributed by atoms with Gasteiger partial charge < -0.3 is 10.3 Å². The molecule has 1 aromatic carbocycles. The fourth-order valence-corrected chi connectivity index (χ4v) is 1.88. The topological polar surface area (TPSA) is 64.9 Å². The Balaban J connectivity index is 1.91. The Kier molecular flexibility index (Phi) is 5.03. The molecule has 0 aliphatic carbocycles. The number of unbranched alkanes of at least 4 members (excludes halogenated alkanes) is 3. The Morgan fingerprint density at radius 2 is 1.89 bits per heavy atom. The van der Waals surface area contributed by atoms with Crippen LogP contribution in [-0.4, -0.2) is 16.7 Å². The molecular formula is C14H18FN3O. The van der Waals surface area contributed by atoms with E-state index in [2.05, 4.69) is 10.1 Å². The second kappa shape index (κ2) is 6.99. The number of rotatable bonds is 7. The molecule has 2 aromatic rings. The van der Waals surface area contributed by atoms with Crippen LogP contribution in [0.3, 0.4) is 0 Å². The molecule has 19 heavy (non-hydrogen) atoms. The summed E-state index contributed by atoms with van der Waals surface area (Å²) >= 11 is 0. The minimum Gasteiger partial charge on any atom is -0.339 e. The van der Waals surface area contributed by atoms with Gasteiger partial charge in [-0.3, -0.25) is 0 Å². The van der Waals surface area contributed by atoms with Crippen molar-refractivity contribution in [1.82, 2.24) is 10.1 Å². The number of hydrogen-bond acceptors (Lipinski definition) is 4. The normalized spacial score (nSPS) is 10.8. The Morgan fingerprint density at radius 1 is 1.11 bits per heavy atom. The van der Waals surface area contributed by atoms with E-state index in [4.69, 9.17) is 10.3 Å². The maximum atomic E-state index is 13.5. The first-order valence-corrected chi connectivity index (χ1v) is 6.59. The number of nitrogens with two attached hydrogens (primary N) is 1. The SMILES string of the molecule is NCCCCCCc1nc(-c2ccccc2F)no1. The van der Waals surface area contributed by atoms with Gasteiger partial charge in [-0.05, 0) is 31.5 Å². The van der Waals surface area contributed by atoms with Gasteiger partial charge >= 0.3 is 0 Å². The molecule has 0 amide bonds. The van der Waals surface area contributed by atoms with Gasteiger partial charge in [0.2, 0.25) is 11.7 Å². The van der Waals surface area contributed by atoms with E-state index in [0.29, 0.717) is 17.3 Å². The van der Waals surface area contributed by atoms with E-state index < -0.39 is 0 Å². The Labute approximate surface area is 111 Å². The highest BCUT2D eigenvalue weighted by Crippen LogP contribution is 2.19. The number of aryl methyl sites for hydroxylation is 1. The molecule has 102 valence electrons. The van der Waals surface area contributed by atoms with Gasteiger partial charge in [-0.25, -0.2) is 4.39 Å². The van der Waals surface area contributed by atoms with Crippen LogP contribution in [0, 0.1) is 5.82 Å². The average Bonchev–Trinajstić information content (AvgIpc) is 2.88. The molecule has 0 bridgehead atoms. The molecule has 0 saturated carbocycles. The van der Waals surface area contributed by atoms with Crippen molar-refractivity contribution in [2.75, 3.05) is 6.54 Å². The van der Waals surface area contributed by atoms with Crippen molar-refractivity contribution in [1.29, 1.82) is 0 Å². The number of nitrogens with zero attached hydrogens (tertiary/aromatic N) is 2. The van der Waals surface area contributed by atoms with Crippen LogP contribution in [0.25, 0.3) is 11.4 Å². The molecule has 5 heteroatoms. The van der Waals surface area contributed by atoms with Crippen molar-refractivity contribution in [2.24, 2.45) is 5.73 Å². The summed E-state index contributed by atoms with van der Waals surface area (Å²) in [5, 5.41) is 3.82. The van der Waals surface area contributed by atoms with Crippen LogP contribution in [-0.2, 0) is 6.42 Å². The summed E-state index contributed by atoms with van der Waals surface area (Å²) < 4.78 is 18.7. The van der Waals surface area contributed by atoms with Crippen LogP contribution in [0.15, 0.2) is 28.8 Å². The first-order valence-electron chi connectivity index (χ1n) is 6.59. The lowest BCUT2D eigenvalue weighted by Crippen LogP contribution is -1.97. The highest BCUT2D eigenvalue weighted by atomic mass is 19.1. The van der Waals surface area contributed by atoms with E-state index in [1.807, 2.05) is 0 Å². The van der Waals surface area contributed by atoms with Gasteiger partial charge in [0.15, 0.2) is 0 Å². The third-order valence-electron chi connectivity index (χ3n) is 2.93. The van der Waals surface area contributed by atoms with Crippen molar-refractivity contribution < 1.29 is 8.91 Å². The second-order valence-corrected chi connectivity index (χ2v) is 4.44. The third-order valence-corrected chi connectivity index (χ3v) is 2.93. The van der Waals surface area contributed by atoms with Crippen LogP contribution < -0.4 is 5.73 Å². The number of halogens is 1. The zero-order valence-corrected chi connectivity index (χ0v) is 10.8. The monoisotopic (exact) mass is 263 g/mol. The van der Waals surface area contributed by atoms with Crippen LogP contribution >= 0.6 is 0 Å². The molecule has 0 saturated heterocycles. The molecule has 0 fully saturated rings. The van der Waals surface area contributed by atoms with Crippen LogP contribution in [0.1, 0.15) is 31.6 Å². The molecule has 2 N–H and O–H groups in total. The summed E-state index contributed by atoms with van der Waals surface area (Å²) in [4.78, 5) is 4.22. The second-order valence-electron chi connectivity index (χ2n) is 4.44. The van der Waals surface area contributed by atoms with Gasteiger partial charge in [0.05, 0.1) is 5.56 Å². The Morgan fingerprint density at radius 3 is 2.68 bits per heavy atom. The lowest BCUT2D eigenvalue weighted by atomic mass is 10.1. The molecule has 0 radical (unpaired) electrons. The highest BCUT2D eigenvalue weighted by Gasteiger charge is 2.11. The van der Waals surface area contributed by atoms with Crippen molar-refractivity contribution in [3.8, 4) is 11.4 Å². The standard InChI is InChI=1S/C14H18FN3O/c15-12-8-5-4-7-11(12)14-17-13(19-18-14)9-3-1-2-6-10-16/h4-5,7-8H,1-3,6,9-10,16H2. The zero-order valence-electron chi connectivity index (χ0n) is 10.8. The minimum absolute atomic E-state index is 0.315. The summed E-state index contributed by atoms with van der Waals surface area (Å²) in [5.41, 5.74) is 5.80. The molecule has 1 heterocycles. The average molecular weight is 263 g/mol. The van der Waals surface area contributed by atoms with E-state index in [1.165, 1.54) is 6.07 Å². The largest absolute Gasteiger partial charge is 0.339 e. The number of aromatic nitrogens is 2. The first kappa shape index (κ1) is 13.7. The first-order chi connectivity index (χ1) is 9.31. The lowest BCUT2D eigenvalue weighted by Gasteiger charge is -1.96. The summed E-state index contributed by atoms with van der Waals surface area (Å²) in [6.45, 7) is 0.734. The molecule has 2 rings (SSSR count). The van der Waals surface area contributed by atoms with Crippen LogP contribution in [0.5, 0.6) is 0 Å². The van der Waals surface area contributed by atoms with Gasteiger partial charge in [-0.2, -0.15) is 4.98 Å². The molecule has 0 atom stereocenters. The summed E-state index contributed by atoms with van der Waals surface area (Å²) in [6.07, 6.45) is 4.97. The fourth-order valence-electron chi connectivity index (χ4n) is 1.88. The van der Waals surface area contributed by atoms with E-state index >= 15 is 0 Å². The molecule has 0 unspecified atom stereocenters. The van der Waals surface area contributed by atoms with Crippen molar-refractivity contribution >= 4 is 0 Å². The lowest BCUT2D eigenvalue weighted by molar-refractivity contribution is 0.374. The summed E-state index contributed by atoms with van der Waals surface area (Å²) in [7, 11) is 0. The Hall–Kier alpha value is -1.75. The predicted molar refractivity (Wildman–Crippen MR) is 70.9 cm³/mol. The summed E-state index contributed by atoms with van der Waals surface area (Å²) in [6, 6.07) is 6.42. The molecule has 0 spiro atoms. The van der Waals surface area contributed by atoms with E-state index in [0.717, 1.165) is 38.6 Å². The van der Waals surface area contributed by atoms with E-state index in [9.17, 15) is 4.39 Å². The van der Waals surface area contributed by atoms with Gasteiger partial charge in [0.1, 0.15) is 5.82 Å². The summed E-state index contributed by atoms with van der Waals surface area (Å²) in [5.74, 6) is 0.541. The van der Waals surface area contributed by atoms with Gasteiger partial charge in [-0.15, -0.1) is 0 Å². The smallest absolute Gasteiger partial charge is 0.226 e. The van der Waals surface area contributed by atoms with Crippen molar-refractivity contribution in [2.45, 2.75) is 32.1 Å². The van der Waals surface area contributed by atoms with Crippen molar-refractivity contribution in [3.63, 3.8) is 0 Å². The quantitative estimate of drug-likeness (QED) is 0.780. The minimum atomic E-state index is -0.335. The number of benzene rings is 1. The third kappa shape index (κ3) is 3.86. The van der Waals surface area contributed by atoms with Crippen molar-refractivity contribution in [3.05, 3.63) is 36.0 Å². The molecule has 0 aliphatic heterocycles. The van der Waals surface area contributed by atoms with Gasteiger partial charge in [-0.1, -0.05) is 30.1 Å². The molecule has 0 aliphatic rings. The fraction of sp³-hybridized carbons (Fsp3) is 0.429. The Bertz CT molecular complexity index is 513. The van der Waals surface area contributed by atoms with E-state index in [1.54, 1.807) is 18.2 Å². The van der Waals surface area contributed by atoms with Crippen LogP contribution in [0.4, 0.5) is 4.39 Å².